The first kappa shape index (κ1) is 11.4. The summed E-state index contributed by atoms with van der Waals surface area (Å²) in [6.07, 6.45) is 1.75. The Bertz CT molecular complexity index is 573. The number of ether oxygens (including phenoxy) is 1. The molecule has 0 radical (unpaired) electrons. The third kappa shape index (κ3) is 2.74. The van der Waals surface area contributed by atoms with Gasteiger partial charge in [-0.2, -0.15) is 5.26 Å². The highest BCUT2D eigenvalue weighted by atomic mass is 35.5. The number of hydrogen-bond donors (Lipinski definition) is 0. The van der Waals surface area contributed by atoms with E-state index in [-0.39, 0.29) is 6.61 Å². The molecule has 86 valence electrons. The van der Waals surface area contributed by atoms with Crippen LogP contribution in [-0.2, 0) is 13.7 Å². The predicted octanol–water partition coefficient (Wildman–Crippen LogP) is 1.92. The van der Waals surface area contributed by atoms with E-state index in [0.717, 1.165) is 0 Å². The highest BCUT2D eigenvalue weighted by Crippen LogP contribution is 2.23. The topological polar surface area (TPSA) is 63.7 Å². The highest BCUT2D eigenvalue weighted by Gasteiger charge is 2.06. The predicted molar refractivity (Wildman–Crippen MR) is 61.5 cm³/mol. The third-order valence-electron chi connectivity index (χ3n) is 2.09. The van der Waals surface area contributed by atoms with Crippen LogP contribution in [0.3, 0.4) is 0 Å². The smallest absolute Gasteiger partial charge is 0.139 e. The maximum Gasteiger partial charge on any atom is 0.139 e. The van der Waals surface area contributed by atoms with Crippen LogP contribution in [0.4, 0.5) is 0 Å². The first-order valence-electron chi connectivity index (χ1n) is 4.86. The molecule has 1 aromatic carbocycles. The van der Waals surface area contributed by atoms with Gasteiger partial charge in [-0.3, -0.25) is 4.68 Å². The first-order valence-corrected chi connectivity index (χ1v) is 5.24. The van der Waals surface area contributed by atoms with Crippen molar-refractivity contribution in [3.05, 3.63) is 40.7 Å². The van der Waals surface area contributed by atoms with Gasteiger partial charge in [0.15, 0.2) is 0 Å². The van der Waals surface area contributed by atoms with Gasteiger partial charge >= 0.3 is 0 Å². The Labute approximate surface area is 103 Å². The molecule has 0 saturated carbocycles. The van der Waals surface area contributed by atoms with Gasteiger partial charge in [-0.15, -0.1) is 5.10 Å². The zero-order valence-corrected chi connectivity index (χ0v) is 9.85. The number of halogens is 1. The molecule has 0 spiro atoms. The molecule has 0 bridgehead atoms. The van der Waals surface area contributed by atoms with E-state index in [9.17, 15) is 0 Å². The third-order valence-corrected chi connectivity index (χ3v) is 2.32. The van der Waals surface area contributed by atoms with E-state index in [2.05, 4.69) is 10.3 Å². The van der Waals surface area contributed by atoms with E-state index in [1.54, 1.807) is 36.1 Å². The van der Waals surface area contributed by atoms with Crippen LogP contribution in [0.5, 0.6) is 5.75 Å². The van der Waals surface area contributed by atoms with Gasteiger partial charge in [-0.25, -0.2) is 0 Å². The molecule has 0 fully saturated rings. The van der Waals surface area contributed by atoms with Crippen molar-refractivity contribution in [1.82, 2.24) is 15.0 Å². The standard InChI is InChI=1S/C11H9ClN4O/c1-16-6-10(14-15-16)7-17-11-4-9(12)3-2-8(11)5-13/h2-4,6H,7H2,1H3. The van der Waals surface area contributed by atoms with Crippen molar-refractivity contribution in [3.63, 3.8) is 0 Å². The maximum absolute atomic E-state index is 8.91. The summed E-state index contributed by atoms with van der Waals surface area (Å²) in [6.45, 7) is 0.253. The highest BCUT2D eigenvalue weighted by molar-refractivity contribution is 6.30. The van der Waals surface area contributed by atoms with Crippen LogP contribution >= 0.6 is 11.6 Å². The number of rotatable bonds is 3. The fraction of sp³-hybridized carbons (Fsp3) is 0.182. The zero-order chi connectivity index (χ0) is 12.3. The maximum atomic E-state index is 8.91. The molecule has 0 saturated heterocycles. The molecule has 1 heterocycles. The van der Waals surface area contributed by atoms with Crippen molar-refractivity contribution in [2.45, 2.75) is 6.61 Å². The van der Waals surface area contributed by atoms with Crippen molar-refractivity contribution in [2.75, 3.05) is 0 Å². The normalized spacial score (nSPS) is 9.94. The number of benzene rings is 1. The second kappa shape index (κ2) is 4.85. The summed E-state index contributed by atoms with van der Waals surface area (Å²) in [5.74, 6) is 0.450. The van der Waals surface area contributed by atoms with E-state index in [4.69, 9.17) is 21.6 Å². The minimum absolute atomic E-state index is 0.253. The lowest BCUT2D eigenvalue weighted by atomic mass is 10.2. The van der Waals surface area contributed by atoms with Crippen molar-refractivity contribution < 1.29 is 4.74 Å². The van der Waals surface area contributed by atoms with Crippen LogP contribution in [-0.4, -0.2) is 15.0 Å². The summed E-state index contributed by atoms with van der Waals surface area (Å²) in [7, 11) is 1.77. The van der Waals surface area contributed by atoms with Crippen LogP contribution in [0.25, 0.3) is 0 Å². The molecule has 0 aliphatic carbocycles. The molecule has 0 atom stereocenters. The molecule has 5 nitrogen and oxygen atoms in total. The Hall–Kier alpha value is -2.06. The molecule has 2 aromatic rings. The molecule has 6 heteroatoms. The largest absolute Gasteiger partial charge is 0.486 e. The molecule has 0 unspecified atom stereocenters. The SMILES string of the molecule is Cn1cc(COc2cc(Cl)ccc2C#N)nn1. The van der Waals surface area contributed by atoms with E-state index in [0.29, 0.717) is 22.0 Å². The summed E-state index contributed by atoms with van der Waals surface area (Å²) < 4.78 is 7.07. The van der Waals surface area contributed by atoms with Crippen LogP contribution in [0.15, 0.2) is 24.4 Å². The van der Waals surface area contributed by atoms with E-state index in [1.165, 1.54) is 0 Å². The zero-order valence-electron chi connectivity index (χ0n) is 9.09. The van der Waals surface area contributed by atoms with E-state index >= 15 is 0 Å². The summed E-state index contributed by atoms with van der Waals surface area (Å²) >= 11 is 5.84. The van der Waals surface area contributed by atoms with Crippen LogP contribution in [0, 0.1) is 11.3 Å². The quantitative estimate of drug-likeness (QED) is 0.832. The lowest BCUT2D eigenvalue weighted by Crippen LogP contribution is -1.97. The minimum atomic E-state index is 0.253. The van der Waals surface area contributed by atoms with Gasteiger partial charge < -0.3 is 4.74 Å². The molecule has 1 aromatic heterocycles. The molecular formula is C11H9ClN4O. The number of nitriles is 1. The average Bonchev–Trinajstić information content (AvgIpc) is 2.73. The van der Waals surface area contributed by atoms with Crippen molar-refractivity contribution >= 4 is 11.6 Å². The van der Waals surface area contributed by atoms with Crippen LogP contribution < -0.4 is 4.74 Å². The number of hydrogen-bond acceptors (Lipinski definition) is 4. The Morgan fingerprint density at radius 2 is 2.35 bits per heavy atom. The molecule has 0 aliphatic rings. The lowest BCUT2D eigenvalue weighted by molar-refractivity contribution is 0.300. The summed E-state index contributed by atoms with van der Waals surface area (Å²) in [6, 6.07) is 6.91. The van der Waals surface area contributed by atoms with E-state index < -0.39 is 0 Å². The second-order valence-electron chi connectivity index (χ2n) is 3.42. The number of aromatic nitrogens is 3. The molecule has 0 aliphatic heterocycles. The van der Waals surface area contributed by atoms with Crippen molar-refractivity contribution in [2.24, 2.45) is 7.05 Å². The number of nitrogens with zero attached hydrogens (tertiary/aromatic N) is 4. The van der Waals surface area contributed by atoms with Crippen LogP contribution in [0.2, 0.25) is 5.02 Å². The Morgan fingerprint density at radius 1 is 1.53 bits per heavy atom. The van der Waals surface area contributed by atoms with Gasteiger partial charge in [0.25, 0.3) is 0 Å². The van der Waals surface area contributed by atoms with E-state index in [1.807, 2.05) is 6.07 Å². The summed E-state index contributed by atoms with van der Waals surface area (Å²) in [4.78, 5) is 0. The Kier molecular flexibility index (Phi) is 3.26. The van der Waals surface area contributed by atoms with Gasteiger partial charge in [0.2, 0.25) is 0 Å². The van der Waals surface area contributed by atoms with Gasteiger partial charge in [-0.05, 0) is 12.1 Å². The van der Waals surface area contributed by atoms with Crippen molar-refractivity contribution in [1.29, 1.82) is 5.26 Å². The first-order chi connectivity index (χ1) is 8.19. The lowest BCUT2D eigenvalue weighted by Gasteiger charge is -2.05. The fourth-order valence-electron chi connectivity index (χ4n) is 1.32. The summed E-state index contributed by atoms with van der Waals surface area (Å²) in [5.41, 5.74) is 1.13. The number of aryl methyl sites for hydroxylation is 1. The Morgan fingerprint density at radius 3 is 3.00 bits per heavy atom. The van der Waals surface area contributed by atoms with Crippen molar-refractivity contribution in [3.8, 4) is 11.8 Å². The molecular weight excluding hydrogens is 240 g/mol. The molecule has 2 rings (SSSR count). The minimum Gasteiger partial charge on any atom is -0.486 e. The monoisotopic (exact) mass is 248 g/mol. The van der Waals surface area contributed by atoms with Gasteiger partial charge in [-0.1, -0.05) is 16.8 Å². The van der Waals surface area contributed by atoms with Gasteiger partial charge in [0.1, 0.15) is 24.1 Å². The fourth-order valence-corrected chi connectivity index (χ4v) is 1.48. The average molecular weight is 249 g/mol. The summed E-state index contributed by atoms with van der Waals surface area (Å²) in [5, 5.41) is 17.1. The molecule has 0 N–H and O–H groups in total. The second-order valence-corrected chi connectivity index (χ2v) is 3.86. The van der Waals surface area contributed by atoms with Gasteiger partial charge in [0.05, 0.1) is 11.8 Å². The Balaban J connectivity index is 2.13. The molecule has 17 heavy (non-hydrogen) atoms. The van der Waals surface area contributed by atoms with Gasteiger partial charge in [0, 0.05) is 18.1 Å². The molecule has 0 amide bonds. The van der Waals surface area contributed by atoms with Crippen LogP contribution in [0.1, 0.15) is 11.3 Å².